The van der Waals surface area contributed by atoms with E-state index in [1.54, 1.807) is 0 Å². The fourth-order valence-corrected chi connectivity index (χ4v) is 2.88. The maximum atomic E-state index is 4.94. The summed E-state index contributed by atoms with van der Waals surface area (Å²) >= 11 is 0. The van der Waals surface area contributed by atoms with Gasteiger partial charge in [-0.1, -0.05) is 110 Å². The van der Waals surface area contributed by atoms with Gasteiger partial charge in [-0.25, -0.2) is 0 Å². The zero-order valence-electron chi connectivity index (χ0n) is 16.3. The first-order valence-corrected chi connectivity index (χ1v) is 10.6. The zero-order chi connectivity index (χ0) is 16.8. The fraction of sp³-hybridized carbons (Fsp3) is 1.00. The molecule has 23 heavy (non-hydrogen) atoms. The summed E-state index contributed by atoms with van der Waals surface area (Å²) in [6.07, 6.45) is 21.9. The predicted molar refractivity (Wildman–Crippen MR) is 102 cm³/mol. The van der Waals surface area contributed by atoms with Crippen LogP contribution in [0, 0.1) is 0 Å². The van der Waals surface area contributed by atoms with E-state index < -0.39 is 0 Å². The van der Waals surface area contributed by atoms with E-state index >= 15 is 0 Å². The Labute approximate surface area is 146 Å². The van der Waals surface area contributed by atoms with Gasteiger partial charge >= 0.3 is 0 Å². The molecule has 0 spiro atoms. The third-order valence-electron chi connectivity index (χ3n) is 4.45. The molecule has 0 aromatic carbocycles. The summed E-state index contributed by atoms with van der Waals surface area (Å²) in [5.74, 6) is 0. The molecule has 1 fully saturated rings. The van der Waals surface area contributed by atoms with Crippen LogP contribution in [0.15, 0.2) is 0 Å². The number of hydrogen-bond acceptors (Lipinski definition) is 2. The van der Waals surface area contributed by atoms with Crippen LogP contribution >= 0.6 is 0 Å². The third kappa shape index (κ3) is 21.9. The molecule has 0 aromatic rings. The van der Waals surface area contributed by atoms with Crippen molar-refractivity contribution in [2.75, 3.05) is 26.4 Å². The van der Waals surface area contributed by atoms with E-state index in [0.29, 0.717) is 0 Å². The normalized spacial score (nSPS) is 14.3. The molecule has 0 atom stereocenters. The molecule has 1 aliphatic heterocycles. The zero-order valence-corrected chi connectivity index (χ0v) is 16.3. The van der Waals surface area contributed by atoms with Crippen LogP contribution in [-0.2, 0) is 9.47 Å². The molecule has 0 N–H and O–H groups in total. The minimum atomic E-state index is 0.778. The average molecular weight is 329 g/mol. The quantitative estimate of drug-likeness (QED) is 0.322. The smallest absolute Gasteiger partial charge is 0.0701 e. The third-order valence-corrected chi connectivity index (χ3v) is 4.45. The molecule has 1 aliphatic rings. The van der Waals surface area contributed by atoms with Crippen molar-refractivity contribution in [3.8, 4) is 0 Å². The van der Waals surface area contributed by atoms with Crippen LogP contribution in [0.2, 0.25) is 0 Å². The molecule has 0 bridgehead atoms. The molecule has 0 unspecified atom stereocenters. The minimum absolute atomic E-state index is 0.778. The van der Waals surface area contributed by atoms with Gasteiger partial charge in [0.15, 0.2) is 0 Å². The predicted octanol–water partition coefficient (Wildman–Crippen LogP) is 6.91. The van der Waals surface area contributed by atoms with Gasteiger partial charge in [0.05, 0.1) is 26.4 Å². The molecular weight excluding hydrogens is 284 g/mol. The summed E-state index contributed by atoms with van der Waals surface area (Å²) in [7, 11) is 0. The standard InChI is InChI=1S/C17H36.C4H8O2/c1-3-5-7-9-11-13-15-17-16-14-12-10-8-6-4-2;1-2-6-4-3-5-1/h3-17H2,1-2H3;1-4H2. The highest BCUT2D eigenvalue weighted by molar-refractivity contribution is 4.48. The Bertz CT molecular complexity index is 165. The molecule has 0 aliphatic carbocycles. The first-order chi connectivity index (χ1) is 11.4. The molecule has 0 aromatic heterocycles. The Kier molecular flexibility index (Phi) is 21.8. The molecule has 1 rings (SSSR count). The highest BCUT2D eigenvalue weighted by Crippen LogP contribution is 2.13. The van der Waals surface area contributed by atoms with Crippen LogP contribution in [0.5, 0.6) is 0 Å². The lowest BCUT2D eigenvalue weighted by molar-refractivity contribution is -0.0334. The van der Waals surface area contributed by atoms with Gasteiger partial charge in [-0.2, -0.15) is 0 Å². The molecule has 0 radical (unpaired) electrons. The van der Waals surface area contributed by atoms with E-state index in [1.807, 2.05) is 0 Å². The van der Waals surface area contributed by atoms with E-state index in [9.17, 15) is 0 Å². The Morgan fingerprint density at radius 2 is 0.609 bits per heavy atom. The van der Waals surface area contributed by atoms with Crippen LogP contribution in [0.3, 0.4) is 0 Å². The van der Waals surface area contributed by atoms with Gasteiger partial charge in [-0.05, 0) is 0 Å². The lowest BCUT2D eigenvalue weighted by Crippen LogP contribution is -2.16. The van der Waals surface area contributed by atoms with Gasteiger partial charge in [0.2, 0.25) is 0 Å². The van der Waals surface area contributed by atoms with Crippen molar-refractivity contribution in [1.82, 2.24) is 0 Å². The molecular formula is C21H44O2. The largest absolute Gasteiger partial charge is 0.377 e. The Balaban J connectivity index is 0.000000664. The van der Waals surface area contributed by atoms with Crippen molar-refractivity contribution in [2.45, 2.75) is 110 Å². The van der Waals surface area contributed by atoms with Crippen molar-refractivity contribution in [3.63, 3.8) is 0 Å². The second kappa shape index (κ2) is 21.9. The fourth-order valence-electron chi connectivity index (χ4n) is 2.88. The van der Waals surface area contributed by atoms with Crippen LogP contribution < -0.4 is 0 Å². The summed E-state index contributed by atoms with van der Waals surface area (Å²) in [6.45, 7) is 7.70. The van der Waals surface area contributed by atoms with E-state index in [1.165, 1.54) is 96.3 Å². The molecule has 2 heteroatoms. The SMILES string of the molecule is C1COCCO1.CCCCCCCCCCCCCCCCC. The van der Waals surface area contributed by atoms with Crippen molar-refractivity contribution in [3.05, 3.63) is 0 Å². The summed E-state index contributed by atoms with van der Waals surface area (Å²) in [4.78, 5) is 0. The maximum absolute atomic E-state index is 4.94. The summed E-state index contributed by atoms with van der Waals surface area (Å²) < 4.78 is 9.89. The Morgan fingerprint density at radius 3 is 0.783 bits per heavy atom. The minimum Gasteiger partial charge on any atom is -0.377 e. The summed E-state index contributed by atoms with van der Waals surface area (Å²) in [5, 5.41) is 0. The van der Waals surface area contributed by atoms with Crippen molar-refractivity contribution < 1.29 is 9.47 Å². The first-order valence-electron chi connectivity index (χ1n) is 10.6. The van der Waals surface area contributed by atoms with Gasteiger partial charge in [0.25, 0.3) is 0 Å². The van der Waals surface area contributed by atoms with Crippen molar-refractivity contribution >= 4 is 0 Å². The van der Waals surface area contributed by atoms with Crippen LogP contribution in [0.1, 0.15) is 110 Å². The molecule has 140 valence electrons. The van der Waals surface area contributed by atoms with Gasteiger partial charge in [-0.3, -0.25) is 0 Å². The Hall–Kier alpha value is -0.0800. The Morgan fingerprint density at radius 1 is 0.391 bits per heavy atom. The molecule has 1 heterocycles. The highest BCUT2D eigenvalue weighted by atomic mass is 16.6. The second-order valence-electron chi connectivity index (χ2n) is 6.82. The van der Waals surface area contributed by atoms with E-state index in [2.05, 4.69) is 13.8 Å². The van der Waals surface area contributed by atoms with Gasteiger partial charge in [0, 0.05) is 0 Å². The van der Waals surface area contributed by atoms with Gasteiger partial charge in [-0.15, -0.1) is 0 Å². The van der Waals surface area contributed by atoms with E-state index in [4.69, 9.17) is 9.47 Å². The highest BCUT2D eigenvalue weighted by Gasteiger charge is 1.94. The average Bonchev–Trinajstić information content (AvgIpc) is 2.61. The van der Waals surface area contributed by atoms with Crippen LogP contribution in [0.4, 0.5) is 0 Å². The monoisotopic (exact) mass is 328 g/mol. The van der Waals surface area contributed by atoms with Gasteiger partial charge in [0.1, 0.15) is 0 Å². The molecule has 2 nitrogen and oxygen atoms in total. The number of hydrogen-bond donors (Lipinski definition) is 0. The van der Waals surface area contributed by atoms with Crippen LogP contribution in [-0.4, -0.2) is 26.4 Å². The van der Waals surface area contributed by atoms with Crippen molar-refractivity contribution in [2.24, 2.45) is 0 Å². The maximum Gasteiger partial charge on any atom is 0.0701 e. The number of ether oxygens (including phenoxy) is 2. The molecule has 0 saturated carbocycles. The first kappa shape index (κ1) is 22.9. The lowest BCUT2D eigenvalue weighted by atomic mass is 10.0. The molecule has 0 amide bonds. The molecule has 1 saturated heterocycles. The second-order valence-corrected chi connectivity index (χ2v) is 6.82. The summed E-state index contributed by atoms with van der Waals surface area (Å²) in [5.41, 5.74) is 0. The number of unbranched alkanes of at least 4 members (excludes halogenated alkanes) is 14. The van der Waals surface area contributed by atoms with Gasteiger partial charge < -0.3 is 9.47 Å². The lowest BCUT2D eigenvalue weighted by Gasteiger charge is -2.09. The number of rotatable bonds is 14. The topological polar surface area (TPSA) is 18.5 Å². The van der Waals surface area contributed by atoms with E-state index in [0.717, 1.165) is 26.4 Å². The van der Waals surface area contributed by atoms with Crippen molar-refractivity contribution in [1.29, 1.82) is 0 Å². The van der Waals surface area contributed by atoms with E-state index in [-0.39, 0.29) is 0 Å². The van der Waals surface area contributed by atoms with Crippen LogP contribution in [0.25, 0.3) is 0 Å². The summed E-state index contributed by atoms with van der Waals surface area (Å²) in [6, 6.07) is 0.